The maximum atomic E-state index is 14.3. The number of nitrogens with zero attached hydrogens (tertiary/aromatic N) is 1. The van der Waals surface area contributed by atoms with Crippen molar-refractivity contribution in [3.05, 3.63) is 99.6 Å². The topological polar surface area (TPSA) is 77.2 Å². The van der Waals surface area contributed by atoms with Crippen LogP contribution in [0.3, 0.4) is 0 Å². The van der Waals surface area contributed by atoms with Crippen molar-refractivity contribution in [3.63, 3.8) is 0 Å². The Kier molecular flexibility index (Phi) is 10.1. The van der Waals surface area contributed by atoms with Crippen LogP contribution in [0.2, 0.25) is 5.02 Å². The van der Waals surface area contributed by atoms with Crippen molar-refractivity contribution >= 4 is 23.4 Å². The van der Waals surface area contributed by atoms with Crippen molar-refractivity contribution in [2.75, 3.05) is 26.0 Å². The van der Waals surface area contributed by atoms with Crippen LogP contribution in [0.5, 0.6) is 5.75 Å². The summed E-state index contributed by atoms with van der Waals surface area (Å²) in [5.74, 6) is -0.186. The van der Waals surface area contributed by atoms with Crippen LogP contribution in [0.25, 0.3) is 0 Å². The van der Waals surface area contributed by atoms with Crippen molar-refractivity contribution in [2.45, 2.75) is 74.0 Å². The first-order chi connectivity index (χ1) is 21.2. The van der Waals surface area contributed by atoms with Gasteiger partial charge < -0.3 is 25.1 Å². The monoisotopic (exact) mass is 644 g/mol. The largest absolute Gasteiger partial charge is 0.489 e. The van der Waals surface area contributed by atoms with Crippen LogP contribution in [-0.2, 0) is 15.9 Å². The maximum absolute atomic E-state index is 14.3. The smallest absolute Gasteiger partial charge is 0.129 e. The van der Waals surface area contributed by atoms with Gasteiger partial charge in [0.05, 0.1) is 18.8 Å². The summed E-state index contributed by atoms with van der Waals surface area (Å²) in [4.78, 5) is 2.32. The molecule has 236 valence electrons. The molecule has 0 radical (unpaired) electrons. The number of thioether (sulfide) groups is 1. The first kappa shape index (κ1) is 31.7. The van der Waals surface area contributed by atoms with Crippen LogP contribution in [0, 0.1) is 11.6 Å². The molecule has 44 heavy (non-hydrogen) atoms. The average molecular weight is 645 g/mol. The van der Waals surface area contributed by atoms with E-state index in [1.807, 2.05) is 30.5 Å². The number of benzene rings is 3. The zero-order chi connectivity index (χ0) is 30.8. The van der Waals surface area contributed by atoms with Crippen molar-refractivity contribution in [1.29, 1.82) is 0 Å². The summed E-state index contributed by atoms with van der Waals surface area (Å²) in [7, 11) is 0. The normalized spacial score (nSPS) is 29.5. The molecule has 3 aliphatic rings. The quantitative estimate of drug-likeness (QED) is 0.293. The van der Waals surface area contributed by atoms with Crippen LogP contribution >= 0.6 is 23.4 Å². The molecule has 3 fully saturated rings. The molecule has 0 aliphatic carbocycles. The molecule has 6 nitrogen and oxygen atoms in total. The number of hydrogen-bond donors (Lipinski definition) is 2. The van der Waals surface area contributed by atoms with E-state index < -0.39 is 23.8 Å². The molecule has 3 saturated heterocycles. The molecule has 3 aromatic rings. The van der Waals surface area contributed by atoms with E-state index in [-0.39, 0.29) is 35.4 Å². The Morgan fingerprint density at radius 2 is 1.89 bits per heavy atom. The Bertz CT molecular complexity index is 1430. The minimum absolute atomic E-state index is 0.0129. The number of halogens is 3. The molecule has 6 rings (SSSR count). The minimum Gasteiger partial charge on any atom is -0.489 e. The van der Waals surface area contributed by atoms with Gasteiger partial charge in [0.25, 0.3) is 0 Å². The van der Waals surface area contributed by atoms with Gasteiger partial charge in [-0.15, -0.1) is 11.8 Å². The lowest BCUT2D eigenvalue weighted by atomic mass is 9.93. The van der Waals surface area contributed by atoms with Crippen molar-refractivity contribution in [2.24, 2.45) is 5.73 Å². The van der Waals surface area contributed by atoms with Gasteiger partial charge in [-0.25, -0.2) is 8.78 Å². The van der Waals surface area contributed by atoms with Gasteiger partial charge in [-0.05, 0) is 78.6 Å². The molecule has 0 saturated carbocycles. The van der Waals surface area contributed by atoms with Gasteiger partial charge in [0.15, 0.2) is 0 Å². The minimum atomic E-state index is -0.659. The third-order valence-corrected chi connectivity index (χ3v) is 10.1. The molecule has 7 atom stereocenters. The molecule has 3 N–H and O–H groups in total. The summed E-state index contributed by atoms with van der Waals surface area (Å²) in [5, 5.41) is 11.0. The van der Waals surface area contributed by atoms with E-state index in [2.05, 4.69) is 23.1 Å². The highest BCUT2D eigenvalue weighted by Gasteiger charge is 2.37. The molecule has 0 spiro atoms. The third-order valence-electron chi connectivity index (χ3n) is 8.95. The van der Waals surface area contributed by atoms with Gasteiger partial charge in [-0.1, -0.05) is 35.9 Å². The van der Waals surface area contributed by atoms with Crippen molar-refractivity contribution in [1.82, 2.24) is 4.90 Å². The molecule has 3 aliphatic heterocycles. The summed E-state index contributed by atoms with van der Waals surface area (Å²) in [6, 6.07) is 17.2. The first-order valence-corrected chi connectivity index (χ1v) is 16.9. The first-order valence-electron chi connectivity index (χ1n) is 15.2. The molecular formula is C34H39ClF2N2O4S. The van der Waals surface area contributed by atoms with Gasteiger partial charge in [-0.3, -0.25) is 4.90 Å². The predicted molar refractivity (Wildman–Crippen MR) is 169 cm³/mol. The Labute approximate surface area is 266 Å². The SMILES string of the molecule is CSC1CC(O)C[C@H](c2ccc(Cl)c(Cc3ccc(OC4CCN(C5COC(c6cc(F)ccc6F)C(N)C5)C4)cc3)c2)O1. The van der Waals surface area contributed by atoms with E-state index >= 15 is 0 Å². The number of nitrogens with two attached hydrogens (primary N) is 1. The van der Waals surface area contributed by atoms with Crippen molar-refractivity contribution < 1.29 is 28.1 Å². The Hall–Kier alpha value is -2.24. The van der Waals surface area contributed by atoms with E-state index in [4.69, 9.17) is 31.5 Å². The van der Waals surface area contributed by atoms with Gasteiger partial charge in [-0.2, -0.15) is 0 Å². The highest BCUT2D eigenvalue weighted by Crippen LogP contribution is 2.37. The number of aliphatic hydroxyl groups excluding tert-OH is 1. The van der Waals surface area contributed by atoms with Crippen LogP contribution in [0.4, 0.5) is 8.78 Å². The van der Waals surface area contributed by atoms with Gasteiger partial charge in [0.1, 0.15) is 35.0 Å². The summed E-state index contributed by atoms with van der Waals surface area (Å²) < 4.78 is 46.5. The lowest BCUT2D eigenvalue weighted by Crippen LogP contribution is -2.49. The summed E-state index contributed by atoms with van der Waals surface area (Å²) >= 11 is 8.20. The van der Waals surface area contributed by atoms with Crippen LogP contribution in [-0.4, -0.2) is 65.7 Å². The number of ether oxygens (including phenoxy) is 3. The predicted octanol–water partition coefficient (Wildman–Crippen LogP) is 6.42. The zero-order valence-corrected chi connectivity index (χ0v) is 26.3. The summed E-state index contributed by atoms with van der Waals surface area (Å²) in [6.45, 7) is 2.01. The number of rotatable bonds is 8. The number of hydrogen-bond acceptors (Lipinski definition) is 7. The van der Waals surface area contributed by atoms with Crippen LogP contribution in [0.15, 0.2) is 60.7 Å². The maximum Gasteiger partial charge on any atom is 0.129 e. The third kappa shape index (κ3) is 7.41. The highest BCUT2D eigenvalue weighted by atomic mass is 35.5. The Balaban J connectivity index is 1.02. The van der Waals surface area contributed by atoms with E-state index in [0.717, 1.165) is 54.1 Å². The summed E-state index contributed by atoms with van der Waals surface area (Å²) in [6.07, 6.45) is 4.28. The average Bonchev–Trinajstić information content (AvgIpc) is 3.48. The van der Waals surface area contributed by atoms with E-state index in [0.29, 0.717) is 37.3 Å². The molecule has 0 amide bonds. The van der Waals surface area contributed by atoms with Gasteiger partial charge in [0.2, 0.25) is 0 Å². The molecular weight excluding hydrogens is 606 g/mol. The fourth-order valence-corrected chi connectivity index (χ4v) is 7.43. The highest BCUT2D eigenvalue weighted by molar-refractivity contribution is 7.99. The standard InChI is InChI=1S/C34H39ClF2N2O4S/c1-44-33-17-25(40)16-32(43-33)21-4-8-29(35)22(13-21)12-20-2-6-26(7-3-20)42-27-10-11-39(18-27)24-15-31(38)34(41-19-24)28-14-23(36)5-9-30(28)37/h2-9,13-14,24-25,27,31-34,40H,10-12,15-19,38H2,1H3/t24?,25?,27?,31?,32-,33?,34?/m1/s1. The molecule has 6 unspecified atom stereocenters. The Morgan fingerprint density at radius 1 is 1.07 bits per heavy atom. The molecule has 0 bridgehead atoms. The fourth-order valence-electron chi connectivity index (χ4n) is 6.59. The van der Waals surface area contributed by atoms with Crippen molar-refractivity contribution in [3.8, 4) is 5.75 Å². The second-order valence-corrected chi connectivity index (χ2v) is 13.5. The van der Waals surface area contributed by atoms with Gasteiger partial charge >= 0.3 is 0 Å². The van der Waals surface area contributed by atoms with E-state index in [1.54, 1.807) is 11.8 Å². The van der Waals surface area contributed by atoms with E-state index in [9.17, 15) is 13.9 Å². The lowest BCUT2D eigenvalue weighted by molar-refractivity contribution is -0.0605. The van der Waals surface area contributed by atoms with Crippen LogP contribution < -0.4 is 10.5 Å². The van der Waals surface area contributed by atoms with E-state index in [1.165, 1.54) is 6.07 Å². The lowest BCUT2D eigenvalue weighted by Gasteiger charge is -2.38. The summed E-state index contributed by atoms with van der Waals surface area (Å²) in [5.41, 5.74) is 9.73. The fraction of sp³-hybridized carbons (Fsp3) is 0.471. The van der Waals surface area contributed by atoms with Crippen LogP contribution in [0.1, 0.15) is 60.1 Å². The number of aliphatic hydroxyl groups is 1. The molecule has 0 aromatic heterocycles. The molecule has 10 heteroatoms. The second kappa shape index (κ2) is 14.0. The molecule has 3 heterocycles. The molecule has 3 aromatic carbocycles. The Morgan fingerprint density at radius 3 is 2.66 bits per heavy atom. The second-order valence-electron chi connectivity index (χ2n) is 12.1. The zero-order valence-electron chi connectivity index (χ0n) is 24.7. The number of likely N-dealkylation sites (tertiary alicyclic amines) is 1. The van der Waals surface area contributed by atoms with Gasteiger partial charge in [0, 0.05) is 48.6 Å².